The first kappa shape index (κ1) is 16.6. The zero-order valence-corrected chi connectivity index (χ0v) is 12.0. The fraction of sp³-hybridized carbons (Fsp3) is 0.692. The molecule has 0 heterocycles. The van der Waals surface area contributed by atoms with Crippen molar-refractivity contribution in [3.8, 4) is 0 Å². The Hall–Kier alpha value is -1.36. The van der Waals surface area contributed by atoms with Gasteiger partial charge in [0.05, 0.1) is 18.4 Å². The van der Waals surface area contributed by atoms with Crippen LogP contribution in [0.3, 0.4) is 0 Å². The smallest absolute Gasteiger partial charge is 0.410 e. The molecule has 0 aliphatic heterocycles. The fourth-order valence-electron chi connectivity index (χ4n) is 1.14. The molecular formula is C13H24N2O3. The molecule has 0 bridgehead atoms. The second-order valence-electron chi connectivity index (χ2n) is 5.21. The minimum Gasteiger partial charge on any atom is -0.444 e. The van der Waals surface area contributed by atoms with Crippen molar-refractivity contribution in [1.82, 2.24) is 4.90 Å². The summed E-state index contributed by atoms with van der Waals surface area (Å²) in [6.07, 6.45) is -0.486. The van der Waals surface area contributed by atoms with Crippen LogP contribution in [0.2, 0.25) is 0 Å². The van der Waals surface area contributed by atoms with E-state index in [2.05, 4.69) is 18.3 Å². The van der Waals surface area contributed by atoms with Crippen LogP contribution in [-0.2, 0) is 9.47 Å². The number of likely N-dealkylation sites (N-methyl/N-ethyl adjacent to an activating group) is 1. The SMILES string of the molecule is C=NC(=C)COC(C)CN(C)C(=O)OC(C)(C)C. The first-order valence-electron chi connectivity index (χ1n) is 5.86. The summed E-state index contributed by atoms with van der Waals surface area (Å²) in [5.41, 5.74) is 0.0815. The number of nitrogens with zero attached hydrogens (tertiary/aromatic N) is 2. The molecule has 0 aromatic heterocycles. The van der Waals surface area contributed by atoms with E-state index in [0.717, 1.165) is 0 Å². The summed E-state index contributed by atoms with van der Waals surface area (Å²) in [5.74, 6) is 0. The van der Waals surface area contributed by atoms with Crippen LogP contribution in [0, 0.1) is 0 Å². The predicted molar refractivity (Wildman–Crippen MR) is 73.0 cm³/mol. The van der Waals surface area contributed by atoms with Crippen LogP contribution in [0.25, 0.3) is 0 Å². The molecular weight excluding hydrogens is 232 g/mol. The Labute approximate surface area is 109 Å². The van der Waals surface area contributed by atoms with E-state index >= 15 is 0 Å². The summed E-state index contributed by atoms with van der Waals surface area (Å²) in [6.45, 7) is 15.1. The van der Waals surface area contributed by atoms with Crippen LogP contribution in [0.1, 0.15) is 27.7 Å². The van der Waals surface area contributed by atoms with Crippen molar-refractivity contribution in [3.05, 3.63) is 12.3 Å². The summed E-state index contributed by atoms with van der Waals surface area (Å²) in [4.78, 5) is 16.8. The van der Waals surface area contributed by atoms with Crippen molar-refractivity contribution in [2.24, 2.45) is 4.99 Å². The molecule has 1 amide bonds. The normalized spacial score (nSPS) is 12.7. The van der Waals surface area contributed by atoms with Gasteiger partial charge in [-0.15, -0.1) is 0 Å². The van der Waals surface area contributed by atoms with Gasteiger partial charge < -0.3 is 14.4 Å². The number of hydrogen-bond acceptors (Lipinski definition) is 4. The van der Waals surface area contributed by atoms with Gasteiger partial charge in [-0.1, -0.05) is 6.58 Å². The minimum absolute atomic E-state index is 0.124. The van der Waals surface area contributed by atoms with Gasteiger partial charge in [0.1, 0.15) is 5.60 Å². The van der Waals surface area contributed by atoms with Crippen LogP contribution in [0.15, 0.2) is 17.3 Å². The zero-order chi connectivity index (χ0) is 14.3. The van der Waals surface area contributed by atoms with E-state index in [4.69, 9.17) is 9.47 Å². The molecule has 5 heteroatoms. The summed E-state index contributed by atoms with van der Waals surface area (Å²) in [6, 6.07) is 0. The fourth-order valence-corrected chi connectivity index (χ4v) is 1.14. The average Bonchev–Trinajstić information content (AvgIpc) is 2.23. The average molecular weight is 256 g/mol. The Morgan fingerprint density at radius 1 is 1.44 bits per heavy atom. The zero-order valence-electron chi connectivity index (χ0n) is 12.0. The van der Waals surface area contributed by atoms with E-state index in [-0.39, 0.29) is 12.2 Å². The number of rotatable bonds is 6. The third-order valence-electron chi connectivity index (χ3n) is 1.99. The van der Waals surface area contributed by atoms with Crippen LogP contribution in [-0.4, -0.2) is 49.6 Å². The summed E-state index contributed by atoms with van der Waals surface area (Å²) in [7, 11) is 1.68. The Balaban J connectivity index is 4.06. The van der Waals surface area contributed by atoms with Crippen molar-refractivity contribution < 1.29 is 14.3 Å². The molecule has 0 aromatic carbocycles. The van der Waals surface area contributed by atoms with Gasteiger partial charge in [0.2, 0.25) is 0 Å². The molecule has 1 unspecified atom stereocenters. The molecule has 0 aliphatic carbocycles. The molecule has 104 valence electrons. The number of hydrogen-bond donors (Lipinski definition) is 0. The van der Waals surface area contributed by atoms with Gasteiger partial charge in [-0.2, -0.15) is 0 Å². The van der Waals surface area contributed by atoms with Gasteiger partial charge in [-0.25, -0.2) is 4.79 Å². The molecule has 0 radical (unpaired) electrons. The number of aliphatic imine (C=N–C) groups is 1. The molecule has 1 atom stereocenters. The lowest BCUT2D eigenvalue weighted by atomic mass is 10.2. The molecule has 0 aromatic rings. The largest absolute Gasteiger partial charge is 0.444 e. The number of amides is 1. The molecule has 0 saturated carbocycles. The Bertz CT molecular complexity index is 308. The molecule has 0 rings (SSSR count). The van der Waals surface area contributed by atoms with E-state index in [1.807, 2.05) is 27.7 Å². The highest BCUT2D eigenvalue weighted by molar-refractivity contribution is 5.67. The van der Waals surface area contributed by atoms with Crippen LogP contribution >= 0.6 is 0 Å². The van der Waals surface area contributed by atoms with Gasteiger partial charge in [0.15, 0.2) is 0 Å². The molecule has 0 saturated heterocycles. The first-order valence-corrected chi connectivity index (χ1v) is 5.86. The maximum absolute atomic E-state index is 11.7. The van der Waals surface area contributed by atoms with Crippen LogP contribution < -0.4 is 0 Å². The van der Waals surface area contributed by atoms with Crippen molar-refractivity contribution in [2.75, 3.05) is 20.2 Å². The van der Waals surface area contributed by atoms with Gasteiger partial charge in [0.25, 0.3) is 0 Å². The standard InChI is InChI=1S/C13H24N2O3/c1-10(14-6)9-17-11(2)8-15(7)12(16)18-13(3,4)5/h11H,1,6,8-9H2,2-5,7H3. The molecule has 0 fully saturated rings. The maximum Gasteiger partial charge on any atom is 0.410 e. The van der Waals surface area contributed by atoms with Crippen LogP contribution in [0.4, 0.5) is 4.79 Å². The van der Waals surface area contributed by atoms with E-state index in [1.165, 1.54) is 4.90 Å². The minimum atomic E-state index is -0.490. The van der Waals surface area contributed by atoms with Gasteiger partial charge in [-0.05, 0) is 34.4 Å². The lowest BCUT2D eigenvalue weighted by Crippen LogP contribution is -2.38. The molecule has 18 heavy (non-hydrogen) atoms. The molecule has 5 nitrogen and oxygen atoms in total. The molecule has 0 N–H and O–H groups in total. The topological polar surface area (TPSA) is 51.1 Å². The lowest BCUT2D eigenvalue weighted by Gasteiger charge is -2.26. The van der Waals surface area contributed by atoms with Crippen molar-refractivity contribution >= 4 is 12.8 Å². The Morgan fingerprint density at radius 2 is 2.00 bits per heavy atom. The number of carbonyl (C=O) groups is 1. The number of carbonyl (C=O) groups excluding carboxylic acids is 1. The van der Waals surface area contributed by atoms with E-state index in [0.29, 0.717) is 18.8 Å². The van der Waals surface area contributed by atoms with Gasteiger partial charge in [0, 0.05) is 13.6 Å². The highest BCUT2D eigenvalue weighted by Crippen LogP contribution is 2.09. The summed E-state index contributed by atoms with van der Waals surface area (Å²) in [5, 5.41) is 0. The molecule has 0 aliphatic rings. The van der Waals surface area contributed by atoms with Crippen molar-refractivity contribution in [2.45, 2.75) is 39.4 Å². The third kappa shape index (κ3) is 7.84. The second kappa shape index (κ2) is 7.16. The monoisotopic (exact) mass is 256 g/mol. The van der Waals surface area contributed by atoms with Crippen molar-refractivity contribution in [3.63, 3.8) is 0 Å². The predicted octanol–water partition coefficient (Wildman–Crippen LogP) is 2.47. The lowest BCUT2D eigenvalue weighted by molar-refractivity contribution is 0.0121. The van der Waals surface area contributed by atoms with Gasteiger partial charge >= 0.3 is 6.09 Å². The maximum atomic E-state index is 11.7. The second-order valence-corrected chi connectivity index (χ2v) is 5.21. The first-order chi connectivity index (χ1) is 8.15. The highest BCUT2D eigenvalue weighted by Gasteiger charge is 2.20. The Morgan fingerprint density at radius 3 is 2.44 bits per heavy atom. The van der Waals surface area contributed by atoms with E-state index < -0.39 is 5.60 Å². The molecule has 0 spiro atoms. The summed E-state index contributed by atoms with van der Waals surface area (Å²) >= 11 is 0. The van der Waals surface area contributed by atoms with Crippen LogP contribution in [0.5, 0.6) is 0 Å². The quantitative estimate of drug-likeness (QED) is 0.686. The third-order valence-corrected chi connectivity index (χ3v) is 1.99. The Kier molecular flexibility index (Phi) is 6.62. The summed E-state index contributed by atoms with van der Waals surface area (Å²) < 4.78 is 10.7. The van der Waals surface area contributed by atoms with E-state index in [9.17, 15) is 4.79 Å². The number of ether oxygens (including phenoxy) is 2. The van der Waals surface area contributed by atoms with E-state index in [1.54, 1.807) is 7.05 Å². The van der Waals surface area contributed by atoms with Crippen molar-refractivity contribution in [1.29, 1.82) is 0 Å². The highest BCUT2D eigenvalue weighted by atomic mass is 16.6. The van der Waals surface area contributed by atoms with Gasteiger partial charge in [-0.3, -0.25) is 4.99 Å².